The third-order valence-electron chi connectivity index (χ3n) is 4.02. The maximum Gasteiger partial charge on any atom is 0.0452 e. The minimum Gasteiger partial charge on any atom is -0.396 e. The van der Waals surface area contributed by atoms with E-state index in [1.165, 1.54) is 35.9 Å². The van der Waals surface area contributed by atoms with Gasteiger partial charge in [0.2, 0.25) is 0 Å². The summed E-state index contributed by atoms with van der Waals surface area (Å²) in [7, 11) is 0. The SMILES string of the molecule is OCCCCN1CSCCCSCN(CCCCO)CSCCCSC1. The molecule has 156 valence electrons. The molecule has 26 heavy (non-hydrogen) atoms. The number of hydrogen-bond acceptors (Lipinski definition) is 8. The summed E-state index contributed by atoms with van der Waals surface area (Å²) < 4.78 is 0. The molecule has 1 heterocycles. The fraction of sp³-hybridized carbons (Fsp3) is 1.00. The van der Waals surface area contributed by atoms with Gasteiger partial charge in [-0.15, -0.1) is 47.0 Å². The van der Waals surface area contributed by atoms with Crippen molar-refractivity contribution in [2.75, 3.05) is 72.8 Å². The van der Waals surface area contributed by atoms with Crippen LogP contribution in [0.1, 0.15) is 38.5 Å². The Balaban J connectivity index is 2.29. The van der Waals surface area contributed by atoms with Crippen LogP contribution in [0.5, 0.6) is 0 Å². The second kappa shape index (κ2) is 19.6. The Hall–Kier alpha value is 1.24. The molecule has 0 atom stereocenters. The number of aliphatic hydroxyl groups is 2. The third-order valence-corrected chi connectivity index (χ3v) is 8.52. The second-order valence-electron chi connectivity index (χ2n) is 6.51. The summed E-state index contributed by atoms with van der Waals surface area (Å²) in [6.07, 6.45) is 6.63. The predicted octanol–water partition coefficient (Wildman–Crippen LogP) is 3.69. The smallest absolute Gasteiger partial charge is 0.0452 e. The average molecular weight is 443 g/mol. The molecule has 0 aromatic heterocycles. The molecule has 4 nitrogen and oxygen atoms in total. The van der Waals surface area contributed by atoms with Crippen LogP contribution in [0.3, 0.4) is 0 Å². The summed E-state index contributed by atoms with van der Waals surface area (Å²) in [6.45, 7) is 2.87. The van der Waals surface area contributed by atoms with Crippen molar-refractivity contribution in [2.24, 2.45) is 0 Å². The highest BCUT2D eigenvalue weighted by Gasteiger charge is 2.08. The van der Waals surface area contributed by atoms with Gasteiger partial charge in [0.15, 0.2) is 0 Å². The molecule has 1 fully saturated rings. The molecule has 0 unspecified atom stereocenters. The lowest BCUT2D eigenvalue weighted by Crippen LogP contribution is -2.25. The summed E-state index contributed by atoms with van der Waals surface area (Å²) in [5, 5.41) is 18.0. The molecule has 1 saturated heterocycles. The zero-order chi connectivity index (χ0) is 18.7. The van der Waals surface area contributed by atoms with Gasteiger partial charge in [-0.25, -0.2) is 0 Å². The van der Waals surface area contributed by atoms with Gasteiger partial charge in [-0.3, -0.25) is 9.80 Å². The first kappa shape index (κ1) is 25.3. The Labute approximate surface area is 178 Å². The van der Waals surface area contributed by atoms with Gasteiger partial charge in [0, 0.05) is 36.7 Å². The molecule has 1 aliphatic heterocycles. The molecule has 0 saturated carbocycles. The van der Waals surface area contributed by atoms with Crippen molar-refractivity contribution in [2.45, 2.75) is 38.5 Å². The summed E-state index contributed by atoms with van der Waals surface area (Å²) in [6, 6.07) is 0. The summed E-state index contributed by atoms with van der Waals surface area (Å²) >= 11 is 8.26. The first-order valence-corrected chi connectivity index (χ1v) is 14.5. The van der Waals surface area contributed by atoms with Crippen molar-refractivity contribution in [1.29, 1.82) is 0 Å². The van der Waals surface area contributed by atoms with E-state index in [0.717, 1.165) is 62.3 Å². The van der Waals surface area contributed by atoms with Crippen LogP contribution < -0.4 is 0 Å². The molecule has 0 aromatic rings. The monoisotopic (exact) mass is 442 g/mol. The maximum atomic E-state index is 8.99. The molecule has 0 amide bonds. The van der Waals surface area contributed by atoms with E-state index < -0.39 is 0 Å². The Morgan fingerprint density at radius 2 is 0.885 bits per heavy atom. The van der Waals surface area contributed by atoms with Crippen LogP contribution in [0, 0.1) is 0 Å². The fourth-order valence-electron chi connectivity index (χ4n) is 2.53. The molecule has 1 rings (SSSR count). The van der Waals surface area contributed by atoms with Gasteiger partial charge in [-0.1, -0.05) is 0 Å². The van der Waals surface area contributed by atoms with Crippen molar-refractivity contribution in [3.05, 3.63) is 0 Å². The van der Waals surface area contributed by atoms with Gasteiger partial charge < -0.3 is 10.2 Å². The van der Waals surface area contributed by atoms with Crippen molar-refractivity contribution in [3.8, 4) is 0 Å². The van der Waals surface area contributed by atoms with Crippen molar-refractivity contribution >= 4 is 47.0 Å². The lowest BCUT2D eigenvalue weighted by molar-refractivity contribution is 0.270. The van der Waals surface area contributed by atoms with Crippen LogP contribution in [0.25, 0.3) is 0 Å². The average Bonchev–Trinajstić information content (AvgIpc) is 2.64. The topological polar surface area (TPSA) is 46.9 Å². The maximum absolute atomic E-state index is 8.99. The molecule has 0 aliphatic carbocycles. The minimum absolute atomic E-state index is 0.319. The third kappa shape index (κ3) is 15.2. The fourth-order valence-corrected chi connectivity index (χ4v) is 6.95. The summed E-state index contributed by atoms with van der Waals surface area (Å²) in [5.41, 5.74) is 0. The molecule has 8 heteroatoms. The molecular weight excluding hydrogens is 404 g/mol. The molecule has 0 aromatic carbocycles. The Morgan fingerprint density at radius 1 is 0.538 bits per heavy atom. The van der Waals surface area contributed by atoms with Gasteiger partial charge in [0.25, 0.3) is 0 Å². The number of thioether (sulfide) groups is 4. The molecule has 2 N–H and O–H groups in total. The van der Waals surface area contributed by atoms with Gasteiger partial charge in [-0.05, 0) is 74.6 Å². The van der Waals surface area contributed by atoms with Crippen molar-refractivity contribution in [3.63, 3.8) is 0 Å². The van der Waals surface area contributed by atoms with E-state index >= 15 is 0 Å². The van der Waals surface area contributed by atoms with E-state index in [9.17, 15) is 0 Å². The van der Waals surface area contributed by atoms with E-state index in [1.54, 1.807) is 0 Å². The van der Waals surface area contributed by atoms with Crippen LogP contribution in [-0.2, 0) is 0 Å². The van der Waals surface area contributed by atoms with E-state index in [1.807, 2.05) is 0 Å². The highest BCUT2D eigenvalue weighted by atomic mass is 32.2. The Kier molecular flexibility index (Phi) is 19.0. The predicted molar refractivity (Wildman–Crippen MR) is 125 cm³/mol. The largest absolute Gasteiger partial charge is 0.396 e. The number of rotatable bonds is 8. The first-order chi connectivity index (χ1) is 12.9. The lowest BCUT2D eigenvalue weighted by Gasteiger charge is -2.23. The number of unbranched alkanes of at least 4 members (excludes halogenated alkanes) is 2. The molecule has 0 bridgehead atoms. The second-order valence-corrected chi connectivity index (χ2v) is 10.8. The van der Waals surface area contributed by atoms with Crippen molar-refractivity contribution < 1.29 is 10.2 Å². The van der Waals surface area contributed by atoms with E-state index in [4.69, 9.17) is 10.2 Å². The van der Waals surface area contributed by atoms with Crippen LogP contribution in [0.4, 0.5) is 0 Å². The number of nitrogens with zero attached hydrogens (tertiary/aromatic N) is 2. The lowest BCUT2D eigenvalue weighted by atomic mass is 10.3. The Bertz CT molecular complexity index is 260. The van der Waals surface area contributed by atoms with Crippen LogP contribution in [-0.4, -0.2) is 92.8 Å². The number of hydrogen-bond donors (Lipinski definition) is 2. The van der Waals surface area contributed by atoms with Gasteiger partial charge in [0.1, 0.15) is 0 Å². The number of aliphatic hydroxyl groups excluding tert-OH is 2. The quantitative estimate of drug-likeness (QED) is 0.552. The Morgan fingerprint density at radius 3 is 1.19 bits per heavy atom. The zero-order valence-electron chi connectivity index (χ0n) is 16.1. The highest BCUT2D eigenvalue weighted by molar-refractivity contribution is 8.01. The van der Waals surface area contributed by atoms with Gasteiger partial charge in [-0.2, -0.15) is 0 Å². The summed E-state index contributed by atoms with van der Waals surface area (Å²) in [5.74, 6) is 9.49. The van der Waals surface area contributed by atoms with E-state index in [-0.39, 0.29) is 0 Å². The minimum atomic E-state index is 0.319. The van der Waals surface area contributed by atoms with E-state index in [0.29, 0.717) is 13.2 Å². The first-order valence-electron chi connectivity index (χ1n) is 9.84. The van der Waals surface area contributed by atoms with Gasteiger partial charge in [0.05, 0.1) is 0 Å². The van der Waals surface area contributed by atoms with Crippen molar-refractivity contribution in [1.82, 2.24) is 9.80 Å². The standard InChI is InChI=1S/C18H38N2O2S4/c21-9-3-1-7-19-15-23-11-5-13-25-17-20(8-2-4-10-22)18-26-14-6-12-24-16-19/h21-22H,1-18H2. The molecule has 0 spiro atoms. The normalized spacial score (nSPS) is 21.0. The van der Waals surface area contributed by atoms with E-state index in [2.05, 4.69) is 56.8 Å². The van der Waals surface area contributed by atoms with Crippen LogP contribution >= 0.6 is 47.0 Å². The zero-order valence-corrected chi connectivity index (χ0v) is 19.4. The molecule has 1 aliphatic rings. The molecule has 0 radical (unpaired) electrons. The highest BCUT2D eigenvalue weighted by Crippen LogP contribution is 2.18. The van der Waals surface area contributed by atoms with Gasteiger partial charge >= 0.3 is 0 Å². The van der Waals surface area contributed by atoms with Crippen LogP contribution in [0.15, 0.2) is 0 Å². The molecular formula is C18H38N2O2S4. The summed E-state index contributed by atoms with van der Waals surface area (Å²) in [4.78, 5) is 5.11. The van der Waals surface area contributed by atoms with Crippen LogP contribution in [0.2, 0.25) is 0 Å².